The zero-order valence-corrected chi connectivity index (χ0v) is 14.0. The first-order valence-electron chi connectivity index (χ1n) is 7.56. The number of esters is 1. The maximum absolute atomic E-state index is 12.1. The second-order valence-electron chi connectivity index (χ2n) is 5.05. The van der Waals surface area contributed by atoms with Crippen molar-refractivity contribution in [3.05, 3.63) is 65.5 Å². The van der Waals surface area contributed by atoms with E-state index in [4.69, 9.17) is 15.2 Å². The van der Waals surface area contributed by atoms with Crippen LogP contribution in [0.1, 0.15) is 17.3 Å². The minimum Gasteiger partial charge on any atom is -0.462 e. The number of carbonyl (C=O) groups is 1. The minimum absolute atomic E-state index is 0.317. The number of para-hydroxylation sites is 1. The fourth-order valence-electron chi connectivity index (χ4n) is 2.33. The molecule has 0 fully saturated rings. The van der Waals surface area contributed by atoms with Crippen LogP contribution in [-0.2, 0) is 4.74 Å². The van der Waals surface area contributed by atoms with Gasteiger partial charge in [0.2, 0.25) is 0 Å². The van der Waals surface area contributed by atoms with E-state index in [1.54, 1.807) is 6.92 Å². The van der Waals surface area contributed by atoms with Crippen molar-refractivity contribution in [2.24, 2.45) is 0 Å². The number of hydrogen-bond acceptors (Lipinski definition) is 5. The van der Waals surface area contributed by atoms with Gasteiger partial charge in [-0.25, -0.2) is 4.79 Å². The standard InChI is InChI=1S/C19H17NO3S/c1-2-22-19(21)17-16(12-24-18(17)20)13-8-10-15(11-9-13)23-14-6-4-3-5-7-14/h3-12H,2,20H2,1H3. The lowest BCUT2D eigenvalue weighted by molar-refractivity contribution is 0.0529. The number of ether oxygens (including phenoxy) is 2. The van der Waals surface area contributed by atoms with Gasteiger partial charge in [-0.3, -0.25) is 0 Å². The third kappa shape index (κ3) is 3.41. The Hall–Kier alpha value is -2.79. The number of rotatable bonds is 5. The zero-order chi connectivity index (χ0) is 16.9. The molecule has 122 valence electrons. The average molecular weight is 339 g/mol. The van der Waals surface area contributed by atoms with Gasteiger partial charge >= 0.3 is 5.97 Å². The van der Waals surface area contributed by atoms with Gasteiger partial charge < -0.3 is 15.2 Å². The van der Waals surface area contributed by atoms with E-state index in [0.717, 1.165) is 22.6 Å². The molecule has 0 atom stereocenters. The predicted molar refractivity (Wildman–Crippen MR) is 96.6 cm³/mol. The molecule has 0 unspecified atom stereocenters. The molecule has 0 bridgehead atoms. The number of anilines is 1. The lowest BCUT2D eigenvalue weighted by atomic mass is 10.0. The van der Waals surface area contributed by atoms with E-state index in [1.165, 1.54) is 11.3 Å². The highest BCUT2D eigenvalue weighted by Crippen LogP contribution is 2.35. The summed E-state index contributed by atoms with van der Waals surface area (Å²) in [6.07, 6.45) is 0. The SMILES string of the molecule is CCOC(=O)c1c(-c2ccc(Oc3ccccc3)cc2)csc1N. The molecule has 3 rings (SSSR count). The van der Waals surface area contributed by atoms with Crippen LogP contribution >= 0.6 is 11.3 Å². The minimum atomic E-state index is -0.393. The van der Waals surface area contributed by atoms with Gasteiger partial charge in [-0.1, -0.05) is 30.3 Å². The Morgan fingerprint density at radius 1 is 1.04 bits per heavy atom. The van der Waals surface area contributed by atoms with Crippen molar-refractivity contribution in [3.63, 3.8) is 0 Å². The summed E-state index contributed by atoms with van der Waals surface area (Å²) in [5.41, 5.74) is 8.04. The Morgan fingerprint density at radius 2 is 1.71 bits per heavy atom. The molecule has 0 amide bonds. The first kappa shape index (κ1) is 16.1. The smallest absolute Gasteiger partial charge is 0.341 e. The molecule has 0 saturated carbocycles. The van der Waals surface area contributed by atoms with Gasteiger partial charge in [-0.05, 0) is 36.8 Å². The number of hydrogen-bond donors (Lipinski definition) is 1. The first-order valence-corrected chi connectivity index (χ1v) is 8.44. The van der Waals surface area contributed by atoms with Crippen LogP contribution in [0.2, 0.25) is 0 Å². The lowest BCUT2D eigenvalue weighted by Crippen LogP contribution is -2.07. The molecule has 0 aliphatic carbocycles. The molecular weight excluding hydrogens is 322 g/mol. The summed E-state index contributed by atoms with van der Waals surface area (Å²) in [7, 11) is 0. The van der Waals surface area contributed by atoms with E-state index in [9.17, 15) is 4.79 Å². The summed E-state index contributed by atoms with van der Waals surface area (Å²) < 4.78 is 10.9. The Morgan fingerprint density at radius 3 is 2.38 bits per heavy atom. The van der Waals surface area contributed by atoms with E-state index in [1.807, 2.05) is 60.0 Å². The third-order valence-electron chi connectivity index (χ3n) is 3.44. The summed E-state index contributed by atoms with van der Waals surface area (Å²) in [6.45, 7) is 2.09. The Labute approximate surface area is 144 Å². The maximum Gasteiger partial charge on any atom is 0.341 e. The summed E-state index contributed by atoms with van der Waals surface area (Å²) in [6, 6.07) is 17.1. The van der Waals surface area contributed by atoms with Crippen LogP contribution < -0.4 is 10.5 Å². The van der Waals surface area contributed by atoms with Crippen LogP contribution in [0.15, 0.2) is 60.0 Å². The van der Waals surface area contributed by atoms with Crippen LogP contribution in [0.25, 0.3) is 11.1 Å². The Balaban J connectivity index is 1.85. The monoisotopic (exact) mass is 339 g/mol. The largest absolute Gasteiger partial charge is 0.462 e. The average Bonchev–Trinajstić information content (AvgIpc) is 2.98. The van der Waals surface area contributed by atoms with Crippen LogP contribution in [0.4, 0.5) is 5.00 Å². The molecule has 0 aliphatic rings. The summed E-state index contributed by atoms with van der Waals surface area (Å²) in [5, 5.41) is 2.34. The number of benzene rings is 2. The van der Waals surface area contributed by atoms with Crippen molar-refractivity contribution in [2.45, 2.75) is 6.92 Å². The Kier molecular flexibility index (Phi) is 4.82. The highest BCUT2D eigenvalue weighted by molar-refractivity contribution is 7.14. The van der Waals surface area contributed by atoms with Gasteiger partial charge in [-0.15, -0.1) is 11.3 Å². The fourth-order valence-corrected chi connectivity index (χ4v) is 3.14. The topological polar surface area (TPSA) is 61.5 Å². The van der Waals surface area contributed by atoms with Gasteiger partial charge in [0.05, 0.1) is 6.61 Å². The van der Waals surface area contributed by atoms with Crippen molar-refractivity contribution in [2.75, 3.05) is 12.3 Å². The van der Waals surface area contributed by atoms with Crippen molar-refractivity contribution in [1.29, 1.82) is 0 Å². The van der Waals surface area contributed by atoms with Crippen molar-refractivity contribution in [3.8, 4) is 22.6 Å². The molecule has 0 saturated heterocycles. The third-order valence-corrected chi connectivity index (χ3v) is 4.25. The van der Waals surface area contributed by atoms with Crippen LogP contribution in [0.5, 0.6) is 11.5 Å². The summed E-state index contributed by atoms with van der Waals surface area (Å²) in [5.74, 6) is 1.11. The molecule has 0 spiro atoms. The second-order valence-corrected chi connectivity index (χ2v) is 5.96. The van der Waals surface area contributed by atoms with E-state index in [-0.39, 0.29) is 0 Å². The van der Waals surface area contributed by atoms with Crippen molar-refractivity contribution >= 4 is 22.3 Å². The van der Waals surface area contributed by atoms with Crippen molar-refractivity contribution < 1.29 is 14.3 Å². The van der Waals surface area contributed by atoms with Crippen LogP contribution in [0.3, 0.4) is 0 Å². The van der Waals surface area contributed by atoms with Crippen molar-refractivity contribution in [1.82, 2.24) is 0 Å². The summed E-state index contributed by atoms with van der Waals surface area (Å²) in [4.78, 5) is 12.1. The molecule has 0 aliphatic heterocycles. The van der Waals surface area contributed by atoms with Gasteiger partial charge in [0.25, 0.3) is 0 Å². The van der Waals surface area contributed by atoms with Gasteiger partial charge in [0.15, 0.2) is 0 Å². The lowest BCUT2D eigenvalue weighted by Gasteiger charge is -2.08. The van der Waals surface area contributed by atoms with Gasteiger partial charge in [-0.2, -0.15) is 0 Å². The first-order chi connectivity index (χ1) is 11.7. The predicted octanol–water partition coefficient (Wildman–Crippen LogP) is 4.97. The summed E-state index contributed by atoms with van der Waals surface area (Å²) >= 11 is 1.33. The zero-order valence-electron chi connectivity index (χ0n) is 13.2. The normalized spacial score (nSPS) is 10.4. The van der Waals surface area contributed by atoms with E-state index < -0.39 is 5.97 Å². The molecule has 1 heterocycles. The molecule has 1 aromatic heterocycles. The highest BCUT2D eigenvalue weighted by atomic mass is 32.1. The molecule has 0 radical (unpaired) electrons. The fraction of sp³-hybridized carbons (Fsp3) is 0.105. The molecule has 5 heteroatoms. The quantitative estimate of drug-likeness (QED) is 0.667. The molecule has 2 aromatic carbocycles. The number of carbonyl (C=O) groups excluding carboxylic acids is 1. The van der Waals surface area contributed by atoms with Gasteiger partial charge in [0.1, 0.15) is 22.1 Å². The molecule has 4 nitrogen and oxygen atoms in total. The van der Waals surface area contributed by atoms with E-state index in [0.29, 0.717) is 17.2 Å². The number of nitrogen functional groups attached to an aromatic ring is 1. The molecular formula is C19H17NO3S. The molecule has 3 aromatic rings. The van der Waals surface area contributed by atoms with E-state index in [2.05, 4.69) is 0 Å². The number of thiophene rings is 1. The molecule has 24 heavy (non-hydrogen) atoms. The van der Waals surface area contributed by atoms with Gasteiger partial charge in [0, 0.05) is 10.9 Å². The molecule has 2 N–H and O–H groups in total. The Bertz CT molecular complexity index is 826. The highest BCUT2D eigenvalue weighted by Gasteiger charge is 2.19. The number of nitrogens with two attached hydrogens (primary N) is 1. The second kappa shape index (κ2) is 7.19. The van der Waals surface area contributed by atoms with Crippen LogP contribution in [0, 0.1) is 0 Å². The van der Waals surface area contributed by atoms with Crippen LogP contribution in [-0.4, -0.2) is 12.6 Å². The van der Waals surface area contributed by atoms with E-state index >= 15 is 0 Å². The maximum atomic E-state index is 12.1.